The molecule has 1 saturated heterocycles. The molecule has 1 aliphatic heterocycles. The molecule has 2 fully saturated rings. The molecule has 65 heavy (non-hydrogen) atoms. The number of carbonyl (C=O) groups is 4. The van der Waals surface area contributed by atoms with Gasteiger partial charge in [-0.3, -0.25) is 9.59 Å². The average Bonchev–Trinajstić information content (AvgIpc) is 3.77. The van der Waals surface area contributed by atoms with Crippen LogP contribution in [0.5, 0.6) is 0 Å². The first-order valence-electron chi connectivity index (χ1n) is 22.3. The lowest BCUT2D eigenvalue weighted by atomic mass is 9.81. The van der Waals surface area contributed by atoms with Gasteiger partial charge in [0.1, 0.15) is 17.2 Å². The van der Waals surface area contributed by atoms with Crippen LogP contribution >= 0.6 is 0 Å². The summed E-state index contributed by atoms with van der Waals surface area (Å²) in [6.07, 6.45) is 3.01. The summed E-state index contributed by atoms with van der Waals surface area (Å²) in [4.78, 5) is 54.4. The number of aromatic amines is 1. The molecule has 1 aromatic heterocycles. The second-order valence-electron chi connectivity index (χ2n) is 19.2. The molecule has 4 amide bonds. The number of aryl methyl sites for hydroxylation is 1. The zero-order chi connectivity index (χ0) is 47.1. The van der Waals surface area contributed by atoms with E-state index in [9.17, 15) is 27.6 Å². The molecule has 18 heteroatoms. The predicted octanol–water partition coefficient (Wildman–Crippen LogP) is 6.91. The molecule has 0 radical (unpaired) electrons. The zero-order valence-corrected chi connectivity index (χ0v) is 39.4. The van der Waals surface area contributed by atoms with Crippen molar-refractivity contribution in [2.45, 2.75) is 135 Å². The number of hydrogen-bond donors (Lipinski definition) is 5. The maximum atomic E-state index is 13.9. The monoisotopic (exact) mass is 913 g/mol. The van der Waals surface area contributed by atoms with Crippen LogP contribution in [0.4, 0.5) is 15.3 Å². The first-order valence-corrected chi connectivity index (χ1v) is 23.7. The van der Waals surface area contributed by atoms with Crippen molar-refractivity contribution in [1.29, 1.82) is 0 Å². The van der Waals surface area contributed by atoms with Crippen LogP contribution in [-0.4, -0.2) is 100 Å². The second kappa shape index (κ2) is 20.5. The van der Waals surface area contributed by atoms with Crippen molar-refractivity contribution in [2.24, 2.45) is 11.8 Å². The smallest absolute Gasteiger partial charge is 0.410 e. The largest absolute Gasteiger partial charge is 0.444 e. The van der Waals surface area contributed by atoms with Crippen LogP contribution in [-0.2, 0) is 35.5 Å². The number of H-pyrrole nitrogens is 1. The van der Waals surface area contributed by atoms with Crippen molar-refractivity contribution in [1.82, 2.24) is 40.9 Å². The molecule has 5 N–H and O–H groups in total. The normalized spacial score (nSPS) is 19.7. The molecule has 1 saturated carbocycles. The third-order valence-corrected chi connectivity index (χ3v) is 13.1. The van der Waals surface area contributed by atoms with E-state index in [-0.39, 0.29) is 47.1 Å². The second-order valence-corrected chi connectivity index (χ2v) is 20.9. The molecule has 2 unspecified atom stereocenters. The number of alkyl carbamates (subject to hydrolysis) is 1. The van der Waals surface area contributed by atoms with E-state index < -0.39 is 39.5 Å². The highest BCUT2D eigenvalue weighted by atomic mass is 32.2. The van der Waals surface area contributed by atoms with E-state index in [2.05, 4.69) is 41.3 Å². The Labute approximate surface area is 381 Å². The maximum Gasteiger partial charge on any atom is 0.410 e. The Morgan fingerprint density at radius 3 is 2.12 bits per heavy atom. The minimum Gasteiger partial charge on any atom is -0.444 e. The number of amides is 4. The first kappa shape index (κ1) is 48.6. The van der Waals surface area contributed by atoms with Gasteiger partial charge in [-0.25, -0.2) is 22.7 Å². The molecule has 350 valence electrons. The highest BCUT2D eigenvalue weighted by molar-refractivity contribution is 7.89. The maximum absolute atomic E-state index is 13.9. The van der Waals surface area contributed by atoms with E-state index in [1.54, 1.807) is 47.4 Å². The molecule has 3 atom stereocenters. The lowest BCUT2D eigenvalue weighted by molar-refractivity contribution is -0.130. The van der Waals surface area contributed by atoms with E-state index in [1.807, 2.05) is 79.7 Å². The van der Waals surface area contributed by atoms with Crippen molar-refractivity contribution in [3.05, 3.63) is 77.9 Å². The Bertz CT molecular complexity index is 2390. The summed E-state index contributed by atoms with van der Waals surface area (Å²) >= 11 is 0. The number of hydrogen-bond acceptors (Lipinski definition) is 11. The zero-order valence-electron chi connectivity index (χ0n) is 38.6. The number of nitrogens with one attached hydrogen (secondary N) is 5. The van der Waals surface area contributed by atoms with Crippen molar-refractivity contribution in [2.75, 3.05) is 18.4 Å². The standard InChI is InChI=1S/C47H63N9O8S/c1-29-25-38(65(61,62)53-37-23-24-56(30(2)26-37)45(60)64-47(6,7)8)21-22-39(29)33-13-9-31(10-14-33)27-40(43(58)49-36-19-17-34(18-20-36)41-51-54-55-52-41)50-42(57)35-15-11-32(12-16-35)28-48-44(59)63-46(3,4)5/h9-10,13-14,17-22,25,30,32,35,37,40,53H,11-12,15-16,23-24,26-28H2,1-8H3,(H,48,59)(H,49,58)(H,50,57)(H,51,52,54,55)/t30?,32-,35-,37?,40-/m0/s1. The summed E-state index contributed by atoms with van der Waals surface area (Å²) in [6.45, 7) is 15.5. The lowest BCUT2D eigenvalue weighted by Crippen LogP contribution is -2.51. The van der Waals surface area contributed by atoms with Crippen LogP contribution in [0.2, 0.25) is 0 Å². The molecule has 2 aliphatic rings. The van der Waals surface area contributed by atoms with E-state index in [0.29, 0.717) is 55.8 Å². The van der Waals surface area contributed by atoms with Crippen molar-refractivity contribution >= 4 is 39.7 Å². The molecule has 17 nitrogen and oxygen atoms in total. The summed E-state index contributed by atoms with van der Waals surface area (Å²) in [7, 11) is -3.85. The van der Waals surface area contributed by atoms with Crippen molar-refractivity contribution < 1.29 is 37.1 Å². The van der Waals surface area contributed by atoms with Crippen LogP contribution in [0, 0.1) is 18.8 Å². The Kier molecular flexibility index (Phi) is 15.3. The van der Waals surface area contributed by atoms with Crippen LogP contribution in [0.25, 0.3) is 22.5 Å². The molecule has 4 aromatic rings. The molecule has 3 aromatic carbocycles. The Morgan fingerprint density at radius 1 is 0.862 bits per heavy atom. The number of aromatic nitrogens is 4. The van der Waals surface area contributed by atoms with E-state index in [0.717, 1.165) is 35.1 Å². The van der Waals surface area contributed by atoms with Gasteiger partial charge in [0.15, 0.2) is 0 Å². The number of rotatable bonds is 13. The van der Waals surface area contributed by atoms with Crippen LogP contribution in [0.3, 0.4) is 0 Å². The van der Waals surface area contributed by atoms with Gasteiger partial charge in [0.2, 0.25) is 27.7 Å². The number of ether oxygens (including phenoxy) is 2. The number of tetrazole rings is 1. The average molecular weight is 914 g/mol. The van der Waals surface area contributed by atoms with Gasteiger partial charge >= 0.3 is 12.2 Å². The number of benzene rings is 3. The highest BCUT2D eigenvalue weighted by Gasteiger charge is 2.34. The number of nitrogens with zero attached hydrogens (tertiary/aromatic N) is 4. The van der Waals surface area contributed by atoms with Gasteiger partial charge in [0.05, 0.1) is 4.90 Å². The molecule has 0 spiro atoms. The summed E-state index contributed by atoms with van der Waals surface area (Å²) in [5.41, 5.74) is 3.31. The van der Waals surface area contributed by atoms with E-state index >= 15 is 0 Å². The van der Waals surface area contributed by atoms with E-state index in [1.165, 1.54) is 0 Å². The number of anilines is 1. The molecule has 2 heterocycles. The van der Waals surface area contributed by atoms with Crippen LogP contribution < -0.4 is 20.7 Å². The van der Waals surface area contributed by atoms with Gasteiger partial charge in [-0.05, 0) is 164 Å². The minimum absolute atomic E-state index is 0.151. The first-order chi connectivity index (χ1) is 30.6. The lowest BCUT2D eigenvalue weighted by Gasteiger charge is -2.38. The minimum atomic E-state index is -3.85. The number of sulfonamides is 1. The number of carbonyl (C=O) groups excluding carboxylic acids is 4. The molecule has 6 rings (SSSR count). The van der Waals surface area contributed by atoms with Gasteiger partial charge in [-0.15, -0.1) is 10.2 Å². The SMILES string of the molecule is Cc1cc(S(=O)(=O)NC2CCN(C(=O)OC(C)(C)C)C(C)C2)ccc1-c1ccc(C[C@H](NC(=O)[C@H]2CC[C@H](CNC(=O)OC(C)(C)C)CC2)C(=O)Nc2ccc(-c3nn[nH]n3)cc2)cc1. The molecular formula is C47H63N9O8S. The third kappa shape index (κ3) is 13.8. The summed E-state index contributed by atoms with van der Waals surface area (Å²) in [5.74, 6) is -0.236. The molecular weight excluding hydrogens is 851 g/mol. The van der Waals surface area contributed by atoms with Gasteiger partial charge in [0, 0.05) is 48.8 Å². The van der Waals surface area contributed by atoms with Gasteiger partial charge in [-0.1, -0.05) is 30.3 Å². The summed E-state index contributed by atoms with van der Waals surface area (Å²) in [5, 5.41) is 22.9. The van der Waals surface area contributed by atoms with Crippen molar-refractivity contribution in [3.63, 3.8) is 0 Å². The fourth-order valence-electron chi connectivity index (χ4n) is 8.23. The quantitative estimate of drug-likeness (QED) is 0.0927. The summed E-state index contributed by atoms with van der Waals surface area (Å²) in [6, 6.07) is 18.2. The topological polar surface area (TPSA) is 227 Å². The Hall–Kier alpha value is -5.88. The van der Waals surface area contributed by atoms with Crippen molar-refractivity contribution in [3.8, 4) is 22.5 Å². The summed E-state index contributed by atoms with van der Waals surface area (Å²) < 4.78 is 40.9. The number of likely N-dealkylation sites (tertiary alicyclic amines) is 1. The Balaban J connectivity index is 1.09. The third-order valence-electron chi connectivity index (χ3n) is 11.6. The Morgan fingerprint density at radius 2 is 1.52 bits per heavy atom. The molecule has 1 aliphatic carbocycles. The van der Waals surface area contributed by atoms with Gasteiger partial charge in [0.25, 0.3) is 0 Å². The van der Waals surface area contributed by atoms with Gasteiger partial charge < -0.3 is 30.3 Å². The highest BCUT2D eigenvalue weighted by Crippen LogP contribution is 2.31. The van der Waals surface area contributed by atoms with Crippen LogP contribution in [0.1, 0.15) is 98.1 Å². The fourth-order valence-corrected chi connectivity index (χ4v) is 9.60. The number of piperidine rings is 1. The fraction of sp³-hybridized carbons (Fsp3) is 0.511. The predicted molar refractivity (Wildman–Crippen MR) is 246 cm³/mol. The van der Waals surface area contributed by atoms with Crippen LogP contribution in [0.15, 0.2) is 71.6 Å². The molecule has 0 bridgehead atoms. The van der Waals surface area contributed by atoms with E-state index in [4.69, 9.17) is 9.47 Å². The van der Waals surface area contributed by atoms with Gasteiger partial charge in [-0.2, -0.15) is 5.21 Å².